The Balaban J connectivity index is 1.77. The molecule has 108 valence electrons. The van der Waals surface area contributed by atoms with Crippen LogP contribution < -0.4 is 10.6 Å². The van der Waals surface area contributed by atoms with Crippen LogP contribution in [-0.4, -0.2) is 16.8 Å². The van der Waals surface area contributed by atoms with E-state index in [1.165, 1.54) is 0 Å². The monoisotopic (exact) mass is 303 g/mol. The topological polar surface area (TPSA) is 71.1 Å². The van der Waals surface area contributed by atoms with E-state index in [2.05, 4.69) is 15.6 Å². The highest BCUT2D eigenvalue weighted by Gasteiger charge is 2.12. The lowest BCUT2D eigenvalue weighted by Gasteiger charge is -2.06. The molecular weight excluding hydrogens is 290 g/mol. The Morgan fingerprint density at radius 2 is 1.33 bits per heavy atom. The maximum atomic E-state index is 11.6. The van der Waals surface area contributed by atoms with Crippen LogP contribution in [0.3, 0.4) is 0 Å². The van der Waals surface area contributed by atoms with Gasteiger partial charge in [0, 0.05) is 30.5 Å². The zero-order valence-electron chi connectivity index (χ0n) is 11.2. The van der Waals surface area contributed by atoms with Crippen molar-refractivity contribution in [2.24, 2.45) is 0 Å². The maximum Gasteiger partial charge on any atom is 0.309 e. The van der Waals surface area contributed by atoms with Crippen molar-refractivity contribution in [2.75, 3.05) is 0 Å². The van der Waals surface area contributed by atoms with Gasteiger partial charge in [0.1, 0.15) is 0 Å². The maximum absolute atomic E-state index is 11.6. The fourth-order valence-corrected chi connectivity index (χ4v) is 1.75. The molecule has 2 N–H and O–H groups in total. The molecule has 0 saturated heterocycles. The highest BCUT2D eigenvalue weighted by atomic mass is 35.5. The Morgan fingerprint density at radius 3 is 1.86 bits per heavy atom. The third-order valence-corrected chi connectivity index (χ3v) is 3.03. The molecule has 1 aromatic carbocycles. The third-order valence-electron chi connectivity index (χ3n) is 2.77. The number of nitrogens with zero attached hydrogens (tertiary/aromatic N) is 1. The molecule has 0 atom stereocenters. The van der Waals surface area contributed by atoms with Crippen LogP contribution in [0.25, 0.3) is 0 Å². The minimum Gasteiger partial charge on any atom is -0.344 e. The van der Waals surface area contributed by atoms with Crippen LogP contribution in [0.2, 0.25) is 5.02 Å². The number of aromatic nitrogens is 1. The van der Waals surface area contributed by atoms with Crippen LogP contribution in [0.15, 0.2) is 48.8 Å². The summed E-state index contributed by atoms with van der Waals surface area (Å²) in [6, 6.07) is 10.6. The summed E-state index contributed by atoms with van der Waals surface area (Å²) in [5.74, 6) is -1.33. The molecule has 0 radical (unpaired) electrons. The summed E-state index contributed by atoms with van der Waals surface area (Å²) in [4.78, 5) is 27.2. The molecule has 2 rings (SSSR count). The predicted octanol–water partition coefficient (Wildman–Crippen LogP) is 1.67. The number of pyridine rings is 1. The standard InChI is InChI=1S/C15H14ClN3O2/c16-13-3-1-11(2-4-13)9-18-14(20)15(21)19-10-12-5-7-17-8-6-12/h1-8H,9-10H2,(H,18,20)(H,19,21). The molecule has 6 heteroatoms. The summed E-state index contributed by atoms with van der Waals surface area (Å²) < 4.78 is 0. The number of benzene rings is 1. The zero-order valence-corrected chi connectivity index (χ0v) is 11.9. The number of halogens is 1. The zero-order chi connectivity index (χ0) is 15.1. The number of rotatable bonds is 4. The Morgan fingerprint density at radius 1 is 0.857 bits per heavy atom. The Hall–Kier alpha value is -2.40. The second kappa shape index (κ2) is 7.40. The van der Waals surface area contributed by atoms with Gasteiger partial charge < -0.3 is 10.6 Å². The van der Waals surface area contributed by atoms with Gasteiger partial charge in [-0.2, -0.15) is 0 Å². The second-order valence-electron chi connectivity index (χ2n) is 4.35. The Bertz CT molecular complexity index is 615. The normalized spacial score (nSPS) is 9.95. The van der Waals surface area contributed by atoms with Crippen molar-refractivity contribution < 1.29 is 9.59 Å². The molecule has 0 aliphatic rings. The van der Waals surface area contributed by atoms with Gasteiger partial charge in [0.25, 0.3) is 0 Å². The lowest BCUT2D eigenvalue weighted by Crippen LogP contribution is -2.39. The van der Waals surface area contributed by atoms with E-state index >= 15 is 0 Å². The van der Waals surface area contributed by atoms with Crippen LogP contribution in [0.4, 0.5) is 0 Å². The molecule has 1 heterocycles. The minimum absolute atomic E-state index is 0.276. The van der Waals surface area contributed by atoms with Gasteiger partial charge in [-0.15, -0.1) is 0 Å². The molecule has 0 fully saturated rings. The molecule has 5 nitrogen and oxygen atoms in total. The van der Waals surface area contributed by atoms with Gasteiger partial charge in [0.05, 0.1) is 0 Å². The first-order valence-corrected chi connectivity index (χ1v) is 6.72. The Kier molecular flexibility index (Phi) is 5.29. The highest BCUT2D eigenvalue weighted by Crippen LogP contribution is 2.08. The van der Waals surface area contributed by atoms with Crippen molar-refractivity contribution in [3.05, 3.63) is 64.9 Å². The smallest absolute Gasteiger partial charge is 0.309 e. The van der Waals surface area contributed by atoms with Crippen molar-refractivity contribution in [1.82, 2.24) is 15.6 Å². The first-order valence-electron chi connectivity index (χ1n) is 6.34. The lowest BCUT2D eigenvalue weighted by atomic mass is 10.2. The fraction of sp³-hybridized carbons (Fsp3) is 0.133. The third kappa shape index (κ3) is 4.89. The number of carbonyl (C=O) groups excluding carboxylic acids is 2. The van der Waals surface area contributed by atoms with E-state index < -0.39 is 11.8 Å². The van der Waals surface area contributed by atoms with Gasteiger partial charge in [-0.25, -0.2) is 0 Å². The molecule has 0 bridgehead atoms. The van der Waals surface area contributed by atoms with Gasteiger partial charge >= 0.3 is 11.8 Å². The summed E-state index contributed by atoms with van der Waals surface area (Å²) in [5, 5.41) is 5.72. The molecule has 1 aromatic heterocycles. The van der Waals surface area contributed by atoms with E-state index in [1.807, 2.05) is 0 Å². The second-order valence-corrected chi connectivity index (χ2v) is 4.78. The predicted molar refractivity (Wildman–Crippen MR) is 79.4 cm³/mol. The van der Waals surface area contributed by atoms with E-state index in [4.69, 9.17) is 11.6 Å². The summed E-state index contributed by atoms with van der Waals surface area (Å²) in [5.41, 5.74) is 1.75. The van der Waals surface area contributed by atoms with Crippen molar-refractivity contribution in [3.8, 4) is 0 Å². The molecular formula is C15H14ClN3O2. The van der Waals surface area contributed by atoms with Gasteiger partial charge in [0.15, 0.2) is 0 Å². The van der Waals surface area contributed by atoms with Crippen molar-refractivity contribution >= 4 is 23.4 Å². The average Bonchev–Trinajstić information content (AvgIpc) is 2.52. The van der Waals surface area contributed by atoms with Crippen molar-refractivity contribution in [2.45, 2.75) is 13.1 Å². The number of nitrogens with one attached hydrogen (secondary N) is 2. The average molecular weight is 304 g/mol. The molecule has 2 aromatic rings. The quantitative estimate of drug-likeness (QED) is 0.844. The first kappa shape index (κ1) is 15.0. The number of hydrogen-bond donors (Lipinski definition) is 2. The molecule has 0 unspecified atom stereocenters. The van der Waals surface area contributed by atoms with E-state index in [0.29, 0.717) is 5.02 Å². The van der Waals surface area contributed by atoms with Gasteiger partial charge in [-0.05, 0) is 35.4 Å². The molecule has 2 amide bonds. The van der Waals surface area contributed by atoms with E-state index in [0.717, 1.165) is 11.1 Å². The van der Waals surface area contributed by atoms with E-state index in [-0.39, 0.29) is 13.1 Å². The number of hydrogen-bond acceptors (Lipinski definition) is 3. The SMILES string of the molecule is O=C(NCc1ccncc1)C(=O)NCc1ccc(Cl)cc1. The fourth-order valence-electron chi connectivity index (χ4n) is 1.63. The van der Waals surface area contributed by atoms with Gasteiger partial charge in [0.2, 0.25) is 0 Å². The summed E-state index contributed by atoms with van der Waals surface area (Å²) in [6.07, 6.45) is 3.25. The molecule has 0 aliphatic heterocycles. The molecule has 21 heavy (non-hydrogen) atoms. The first-order chi connectivity index (χ1) is 10.1. The number of amides is 2. The summed E-state index contributed by atoms with van der Waals surface area (Å²) in [6.45, 7) is 0.564. The van der Waals surface area contributed by atoms with Crippen LogP contribution in [-0.2, 0) is 22.7 Å². The van der Waals surface area contributed by atoms with Gasteiger partial charge in [-0.3, -0.25) is 14.6 Å². The largest absolute Gasteiger partial charge is 0.344 e. The van der Waals surface area contributed by atoms with Crippen LogP contribution in [0, 0.1) is 0 Å². The summed E-state index contributed by atoms with van der Waals surface area (Å²) >= 11 is 5.77. The molecule has 0 spiro atoms. The van der Waals surface area contributed by atoms with E-state index in [1.54, 1.807) is 48.8 Å². The highest BCUT2D eigenvalue weighted by molar-refractivity contribution is 6.35. The van der Waals surface area contributed by atoms with Gasteiger partial charge in [-0.1, -0.05) is 23.7 Å². The van der Waals surface area contributed by atoms with Crippen LogP contribution in [0.5, 0.6) is 0 Å². The van der Waals surface area contributed by atoms with Crippen LogP contribution >= 0.6 is 11.6 Å². The molecule has 0 saturated carbocycles. The van der Waals surface area contributed by atoms with Crippen LogP contribution in [0.1, 0.15) is 11.1 Å². The van der Waals surface area contributed by atoms with E-state index in [9.17, 15) is 9.59 Å². The minimum atomic E-state index is -0.668. The lowest BCUT2D eigenvalue weighted by molar-refractivity contribution is -0.139. The molecule has 0 aliphatic carbocycles. The van der Waals surface area contributed by atoms with Crippen molar-refractivity contribution in [3.63, 3.8) is 0 Å². The Labute approximate surface area is 127 Å². The number of carbonyl (C=O) groups is 2. The van der Waals surface area contributed by atoms with Crippen molar-refractivity contribution in [1.29, 1.82) is 0 Å². The summed E-state index contributed by atoms with van der Waals surface area (Å²) in [7, 11) is 0.